The van der Waals surface area contributed by atoms with Crippen molar-refractivity contribution in [1.82, 2.24) is 0 Å². The maximum Gasteiger partial charge on any atom is 0.119 e. The van der Waals surface area contributed by atoms with Crippen LogP contribution in [0.3, 0.4) is 0 Å². The van der Waals surface area contributed by atoms with Crippen LogP contribution in [0.2, 0.25) is 0 Å². The molecule has 23 heavy (non-hydrogen) atoms. The van der Waals surface area contributed by atoms with Gasteiger partial charge in [0.1, 0.15) is 12.4 Å². The number of hydrogen-bond acceptors (Lipinski definition) is 1. The Morgan fingerprint density at radius 3 is 2.26 bits per heavy atom. The lowest BCUT2D eigenvalue weighted by Crippen LogP contribution is -1.92. The van der Waals surface area contributed by atoms with Gasteiger partial charge in [-0.3, -0.25) is 0 Å². The van der Waals surface area contributed by atoms with E-state index in [1.54, 1.807) is 0 Å². The number of rotatable bonds is 5. The van der Waals surface area contributed by atoms with Gasteiger partial charge in [0.15, 0.2) is 0 Å². The number of aryl methyl sites for hydroxylation is 1. The van der Waals surface area contributed by atoms with Crippen LogP contribution in [0.4, 0.5) is 0 Å². The molecule has 0 fully saturated rings. The fourth-order valence-corrected chi connectivity index (χ4v) is 2.68. The van der Waals surface area contributed by atoms with E-state index in [1.165, 1.54) is 27.5 Å². The summed E-state index contributed by atoms with van der Waals surface area (Å²) in [6.07, 6.45) is 5.07. The van der Waals surface area contributed by atoms with Gasteiger partial charge in [0, 0.05) is 0 Å². The molecule has 0 N–H and O–H groups in total. The van der Waals surface area contributed by atoms with Gasteiger partial charge in [0.2, 0.25) is 0 Å². The Morgan fingerprint density at radius 2 is 1.52 bits per heavy atom. The van der Waals surface area contributed by atoms with Crippen molar-refractivity contribution >= 4 is 10.8 Å². The lowest BCUT2D eigenvalue weighted by Gasteiger charge is -2.07. The Labute approximate surface area is 138 Å². The summed E-state index contributed by atoms with van der Waals surface area (Å²) >= 11 is 0. The first-order valence-corrected chi connectivity index (χ1v) is 8.17. The maximum absolute atomic E-state index is 5.65. The van der Waals surface area contributed by atoms with Gasteiger partial charge in [-0.05, 0) is 59.0 Å². The molecule has 3 aromatic rings. The standard InChI is InChI=1S/C22H22O/c1-3-5-14-23-22-12-10-18(11-13-22)20-9-8-19-15-17(4-2)6-7-21(19)16-20/h3,5-13,15-16H,4,14H2,1-2H3. The zero-order valence-corrected chi connectivity index (χ0v) is 13.8. The van der Waals surface area contributed by atoms with Crippen LogP contribution in [0.5, 0.6) is 5.75 Å². The van der Waals surface area contributed by atoms with Gasteiger partial charge in [-0.15, -0.1) is 0 Å². The first-order chi connectivity index (χ1) is 11.3. The minimum absolute atomic E-state index is 0.617. The van der Waals surface area contributed by atoms with Crippen LogP contribution in [0.25, 0.3) is 21.9 Å². The van der Waals surface area contributed by atoms with Crippen molar-refractivity contribution in [2.75, 3.05) is 6.61 Å². The van der Waals surface area contributed by atoms with Crippen LogP contribution in [-0.2, 0) is 6.42 Å². The van der Waals surface area contributed by atoms with E-state index in [2.05, 4.69) is 55.5 Å². The van der Waals surface area contributed by atoms with Gasteiger partial charge in [0.05, 0.1) is 0 Å². The van der Waals surface area contributed by atoms with E-state index >= 15 is 0 Å². The Morgan fingerprint density at radius 1 is 0.826 bits per heavy atom. The lowest BCUT2D eigenvalue weighted by atomic mass is 9.99. The molecule has 0 saturated carbocycles. The van der Waals surface area contributed by atoms with Gasteiger partial charge < -0.3 is 4.74 Å². The highest BCUT2D eigenvalue weighted by Crippen LogP contribution is 2.27. The van der Waals surface area contributed by atoms with Gasteiger partial charge in [-0.2, -0.15) is 0 Å². The molecular weight excluding hydrogens is 280 g/mol. The Kier molecular flexibility index (Phi) is 4.77. The van der Waals surface area contributed by atoms with Gasteiger partial charge in [0.25, 0.3) is 0 Å². The molecule has 0 aliphatic carbocycles. The fraction of sp³-hybridized carbons (Fsp3) is 0.182. The van der Waals surface area contributed by atoms with Gasteiger partial charge in [-0.1, -0.05) is 61.5 Å². The Balaban J connectivity index is 1.84. The van der Waals surface area contributed by atoms with Crippen LogP contribution >= 0.6 is 0 Å². The SMILES string of the molecule is CC=CCOc1ccc(-c2ccc3cc(CC)ccc3c2)cc1. The van der Waals surface area contributed by atoms with Crippen LogP contribution in [-0.4, -0.2) is 6.61 Å². The van der Waals surface area contributed by atoms with Crippen LogP contribution in [0, 0.1) is 0 Å². The minimum Gasteiger partial charge on any atom is -0.490 e. The summed E-state index contributed by atoms with van der Waals surface area (Å²) in [5.41, 5.74) is 3.83. The second-order valence-corrected chi connectivity index (χ2v) is 5.65. The summed E-state index contributed by atoms with van der Waals surface area (Å²) in [5.74, 6) is 0.903. The van der Waals surface area contributed by atoms with Crippen molar-refractivity contribution in [1.29, 1.82) is 0 Å². The van der Waals surface area contributed by atoms with E-state index in [0.29, 0.717) is 6.61 Å². The second-order valence-electron chi connectivity index (χ2n) is 5.65. The third-order valence-electron chi connectivity index (χ3n) is 4.08. The number of benzene rings is 3. The molecule has 0 aliphatic heterocycles. The quantitative estimate of drug-likeness (QED) is 0.523. The molecule has 3 rings (SSSR count). The van der Waals surface area contributed by atoms with E-state index in [-0.39, 0.29) is 0 Å². The molecule has 0 atom stereocenters. The zero-order chi connectivity index (χ0) is 16.1. The van der Waals surface area contributed by atoms with E-state index < -0.39 is 0 Å². The van der Waals surface area contributed by atoms with Crippen molar-refractivity contribution in [2.24, 2.45) is 0 Å². The predicted octanol–water partition coefficient (Wildman–Crippen LogP) is 6.02. The highest BCUT2D eigenvalue weighted by atomic mass is 16.5. The Bertz CT molecular complexity index is 813. The largest absolute Gasteiger partial charge is 0.490 e. The monoisotopic (exact) mass is 302 g/mol. The van der Waals surface area contributed by atoms with Crippen molar-refractivity contribution < 1.29 is 4.74 Å². The van der Waals surface area contributed by atoms with E-state index in [9.17, 15) is 0 Å². The van der Waals surface area contributed by atoms with Crippen LogP contribution in [0.1, 0.15) is 19.4 Å². The second kappa shape index (κ2) is 7.15. The normalized spacial score (nSPS) is 11.2. The molecule has 0 spiro atoms. The highest BCUT2D eigenvalue weighted by molar-refractivity contribution is 5.87. The summed E-state index contributed by atoms with van der Waals surface area (Å²) in [4.78, 5) is 0. The third kappa shape index (κ3) is 3.62. The molecule has 1 nitrogen and oxygen atoms in total. The highest BCUT2D eigenvalue weighted by Gasteiger charge is 2.01. The Hall–Kier alpha value is -2.54. The molecule has 0 aliphatic rings. The fourth-order valence-electron chi connectivity index (χ4n) is 2.68. The van der Waals surface area contributed by atoms with Gasteiger partial charge in [-0.25, -0.2) is 0 Å². The van der Waals surface area contributed by atoms with Crippen molar-refractivity contribution in [3.8, 4) is 16.9 Å². The van der Waals surface area contributed by atoms with Crippen molar-refractivity contribution in [3.63, 3.8) is 0 Å². The first-order valence-electron chi connectivity index (χ1n) is 8.17. The van der Waals surface area contributed by atoms with Gasteiger partial charge >= 0.3 is 0 Å². The number of ether oxygens (including phenoxy) is 1. The first kappa shape index (κ1) is 15.4. The van der Waals surface area contributed by atoms with Crippen molar-refractivity contribution in [2.45, 2.75) is 20.3 Å². The molecular formula is C22H22O. The minimum atomic E-state index is 0.617. The summed E-state index contributed by atoms with van der Waals surface area (Å²) in [5, 5.41) is 2.59. The molecule has 0 unspecified atom stereocenters. The summed E-state index contributed by atoms with van der Waals surface area (Å²) < 4.78 is 5.65. The molecule has 3 aromatic carbocycles. The zero-order valence-electron chi connectivity index (χ0n) is 13.8. The molecule has 0 amide bonds. The average Bonchev–Trinajstić information content (AvgIpc) is 2.61. The molecule has 116 valence electrons. The predicted molar refractivity (Wildman–Crippen MR) is 99.1 cm³/mol. The summed E-state index contributed by atoms with van der Waals surface area (Å²) in [6, 6.07) is 21.7. The summed E-state index contributed by atoms with van der Waals surface area (Å²) in [6.45, 7) is 4.80. The van der Waals surface area contributed by atoms with Crippen LogP contribution in [0.15, 0.2) is 72.8 Å². The molecule has 0 bridgehead atoms. The molecule has 0 heterocycles. The van der Waals surface area contributed by atoms with E-state index in [1.807, 2.05) is 31.2 Å². The maximum atomic E-state index is 5.65. The van der Waals surface area contributed by atoms with Crippen LogP contribution < -0.4 is 4.74 Å². The van der Waals surface area contributed by atoms with E-state index in [0.717, 1.165) is 12.2 Å². The smallest absolute Gasteiger partial charge is 0.119 e. The van der Waals surface area contributed by atoms with E-state index in [4.69, 9.17) is 4.74 Å². The average molecular weight is 302 g/mol. The lowest BCUT2D eigenvalue weighted by molar-refractivity contribution is 0.363. The number of allylic oxidation sites excluding steroid dienone is 1. The summed E-state index contributed by atoms with van der Waals surface area (Å²) in [7, 11) is 0. The van der Waals surface area contributed by atoms with Crippen molar-refractivity contribution in [3.05, 3.63) is 78.4 Å². The molecule has 0 radical (unpaired) electrons. The molecule has 0 aromatic heterocycles. The number of hydrogen-bond donors (Lipinski definition) is 0. The topological polar surface area (TPSA) is 9.23 Å². The third-order valence-corrected chi connectivity index (χ3v) is 4.08. The number of fused-ring (bicyclic) bond motifs is 1. The molecule has 1 heteroatoms. The molecule has 0 saturated heterocycles.